The number of nitrogen functional groups attached to an aromatic ring is 1. The first-order valence-corrected chi connectivity index (χ1v) is 5.93. The minimum Gasteiger partial charge on any atom is -0.384 e. The van der Waals surface area contributed by atoms with Gasteiger partial charge in [-0.25, -0.2) is 4.98 Å². The Labute approximate surface area is 109 Å². The smallest absolute Gasteiger partial charge is 0.227 e. The fourth-order valence-electron chi connectivity index (χ4n) is 1.45. The summed E-state index contributed by atoms with van der Waals surface area (Å²) in [7, 11) is 3.78. The second-order valence-electron chi connectivity index (χ2n) is 3.88. The molecule has 0 saturated heterocycles. The highest BCUT2D eigenvalue weighted by molar-refractivity contribution is 9.10. The van der Waals surface area contributed by atoms with Crippen LogP contribution in [-0.4, -0.2) is 24.1 Å². The average molecular weight is 293 g/mol. The van der Waals surface area contributed by atoms with Crippen molar-refractivity contribution in [2.45, 2.75) is 0 Å². The number of nitrogens with zero attached hydrogens (tertiary/aromatic N) is 3. The molecule has 5 heteroatoms. The van der Waals surface area contributed by atoms with E-state index in [0.717, 1.165) is 15.7 Å². The molecule has 0 aliphatic carbocycles. The number of aromatic nitrogens is 2. The lowest BCUT2D eigenvalue weighted by Gasteiger charge is -2.12. The molecule has 2 N–H and O–H groups in total. The summed E-state index contributed by atoms with van der Waals surface area (Å²) in [5, 5.41) is 0. The molecule has 0 saturated carbocycles. The SMILES string of the molecule is CN(C)c1nc(N)cc(-c2cccc(Br)c2)n1. The van der Waals surface area contributed by atoms with Gasteiger partial charge >= 0.3 is 0 Å². The van der Waals surface area contributed by atoms with Crippen molar-refractivity contribution in [2.24, 2.45) is 0 Å². The number of hydrogen-bond donors (Lipinski definition) is 1. The van der Waals surface area contributed by atoms with Gasteiger partial charge < -0.3 is 10.6 Å². The van der Waals surface area contributed by atoms with Gasteiger partial charge in [0.25, 0.3) is 0 Å². The predicted molar refractivity (Wildman–Crippen MR) is 73.9 cm³/mol. The molecule has 0 atom stereocenters. The lowest BCUT2D eigenvalue weighted by Crippen LogP contribution is -2.13. The Bertz CT molecular complexity index is 540. The maximum atomic E-state index is 5.78. The largest absolute Gasteiger partial charge is 0.384 e. The summed E-state index contributed by atoms with van der Waals surface area (Å²) in [5.41, 5.74) is 7.62. The van der Waals surface area contributed by atoms with E-state index in [1.807, 2.05) is 43.3 Å². The van der Waals surface area contributed by atoms with Gasteiger partial charge in [-0.15, -0.1) is 0 Å². The Morgan fingerprint density at radius 1 is 1.18 bits per heavy atom. The third-order valence-electron chi connectivity index (χ3n) is 2.25. The summed E-state index contributed by atoms with van der Waals surface area (Å²) >= 11 is 3.44. The average Bonchev–Trinajstić information content (AvgIpc) is 2.28. The highest BCUT2D eigenvalue weighted by Gasteiger charge is 2.06. The second-order valence-corrected chi connectivity index (χ2v) is 4.80. The van der Waals surface area contributed by atoms with Crippen molar-refractivity contribution in [2.75, 3.05) is 24.7 Å². The molecule has 0 radical (unpaired) electrons. The molecule has 0 bridgehead atoms. The lowest BCUT2D eigenvalue weighted by atomic mass is 10.1. The monoisotopic (exact) mass is 292 g/mol. The van der Waals surface area contributed by atoms with Crippen molar-refractivity contribution in [1.82, 2.24) is 9.97 Å². The van der Waals surface area contributed by atoms with Crippen molar-refractivity contribution in [3.63, 3.8) is 0 Å². The zero-order chi connectivity index (χ0) is 12.4. The lowest BCUT2D eigenvalue weighted by molar-refractivity contribution is 1.01. The molecule has 1 heterocycles. The van der Waals surface area contributed by atoms with Crippen molar-refractivity contribution >= 4 is 27.7 Å². The zero-order valence-corrected chi connectivity index (χ0v) is 11.3. The molecule has 1 aromatic carbocycles. The van der Waals surface area contributed by atoms with Gasteiger partial charge in [-0.1, -0.05) is 28.1 Å². The number of anilines is 2. The molecule has 0 aliphatic rings. The van der Waals surface area contributed by atoms with E-state index in [2.05, 4.69) is 25.9 Å². The van der Waals surface area contributed by atoms with Crippen LogP contribution in [0.2, 0.25) is 0 Å². The molecule has 4 nitrogen and oxygen atoms in total. The molecular formula is C12H13BrN4. The first kappa shape index (κ1) is 11.9. The number of nitrogens with two attached hydrogens (primary N) is 1. The van der Waals surface area contributed by atoms with Crippen LogP contribution in [0.4, 0.5) is 11.8 Å². The van der Waals surface area contributed by atoms with E-state index in [9.17, 15) is 0 Å². The molecule has 0 spiro atoms. The van der Waals surface area contributed by atoms with Crippen molar-refractivity contribution in [3.8, 4) is 11.3 Å². The van der Waals surface area contributed by atoms with Gasteiger partial charge in [0, 0.05) is 30.2 Å². The minimum absolute atomic E-state index is 0.471. The first-order valence-electron chi connectivity index (χ1n) is 5.14. The van der Waals surface area contributed by atoms with Gasteiger partial charge in [-0.05, 0) is 12.1 Å². The molecule has 2 rings (SSSR count). The minimum atomic E-state index is 0.471. The normalized spacial score (nSPS) is 10.3. The van der Waals surface area contributed by atoms with Crippen molar-refractivity contribution < 1.29 is 0 Å². The van der Waals surface area contributed by atoms with Crippen LogP contribution in [-0.2, 0) is 0 Å². The Morgan fingerprint density at radius 3 is 2.59 bits per heavy atom. The van der Waals surface area contributed by atoms with Gasteiger partial charge in [-0.2, -0.15) is 4.98 Å². The first-order chi connectivity index (χ1) is 8.06. The van der Waals surface area contributed by atoms with Gasteiger partial charge in [0.1, 0.15) is 5.82 Å². The van der Waals surface area contributed by atoms with Gasteiger partial charge in [-0.3, -0.25) is 0 Å². The highest BCUT2D eigenvalue weighted by atomic mass is 79.9. The topological polar surface area (TPSA) is 55.0 Å². The fraction of sp³-hybridized carbons (Fsp3) is 0.167. The maximum Gasteiger partial charge on any atom is 0.227 e. The van der Waals surface area contributed by atoms with Crippen LogP contribution in [0.25, 0.3) is 11.3 Å². The molecule has 0 amide bonds. The Balaban J connectivity index is 2.52. The molecule has 88 valence electrons. The Morgan fingerprint density at radius 2 is 1.94 bits per heavy atom. The fourth-order valence-corrected chi connectivity index (χ4v) is 1.85. The molecular weight excluding hydrogens is 280 g/mol. The van der Waals surface area contributed by atoms with Crippen LogP contribution in [0.1, 0.15) is 0 Å². The number of hydrogen-bond acceptors (Lipinski definition) is 4. The summed E-state index contributed by atoms with van der Waals surface area (Å²) in [6, 6.07) is 9.70. The Hall–Kier alpha value is -1.62. The van der Waals surface area contributed by atoms with Gasteiger partial charge in [0.2, 0.25) is 5.95 Å². The van der Waals surface area contributed by atoms with E-state index in [-0.39, 0.29) is 0 Å². The highest BCUT2D eigenvalue weighted by Crippen LogP contribution is 2.23. The summed E-state index contributed by atoms with van der Waals surface area (Å²) in [5.74, 6) is 1.08. The van der Waals surface area contributed by atoms with Crippen LogP contribution in [0.5, 0.6) is 0 Å². The van der Waals surface area contributed by atoms with E-state index < -0.39 is 0 Å². The molecule has 17 heavy (non-hydrogen) atoms. The van der Waals surface area contributed by atoms with Gasteiger partial charge in [0.05, 0.1) is 5.69 Å². The summed E-state index contributed by atoms with van der Waals surface area (Å²) in [4.78, 5) is 10.5. The van der Waals surface area contributed by atoms with E-state index in [0.29, 0.717) is 11.8 Å². The van der Waals surface area contributed by atoms with Crippen molar-refractivity contribution in [1.29, 1.82) is 0 Å². The van der Waals surface area contributed by atoms with Gasteiger partial charge in [0.15, 0.2) is 0 Å². The standard InChI is InChI=1S/C12H13BrN4/c1-17(2)12-15-10(7-11(14)16-12)8-4-3-5-9(13)6-8/h3-7H,1-2H3,(H2,14,15,16). The molecule has 0 aliphatic heterocycles. The quantitative estimate of drug-likeness (QED) is 0.924. The van der Waals surface area contributed by atoms with Crippen LogP contribution >= 0.6 is 15.9 Å². The summed E-state index contributed by atoms with van der Waals surface area (Å²) < 4.78 is 1.01. The summed E-state index contributed by atoms with van der Waals surface area (Å²) in [6.45, 7) is 0. The van der Waals surface area contributed by atoms with Crippen molar-refractivity contribution in [3.05, 3.63) is 34.8 Å². The number of rotatable bonds is 2. The molecule has 1 aromatic heterocycles. The van der Waals surface area contributed by atoms with E-state index >= 15 is 0 Å². The zero-order valence-electron chi connectivity index (χ0n) is 9.68. The van der Waals surface area contributed by atoms with E-state index in [1.54, 1.807) is 6.07 Å². The maximum absolute atomic E-state index is 5.78. The second kappa shape index (κ2) is 4.71. The third-order valence-corrected chi connectivity index (χ3v) is 2.75. The van der Waals surface area contributed by atoms with Crippen LogP contribution in [0.15, 0.2) is 34.8 Å². The summed E-state index contributed by atoms with van der Waals surface area (Å²) in [6.07, 6.45) is 0. The third kappa shape index (κ3) is 2.74. The molecule has 0 unspecified atom stereocenters. The van der Waals surface area contributed by atoms with Crippen LogP contribution in [0, 0.1) is 0 Å². The number of benzene rings is 1. The number of halogens is 1. The molecule has 2 aromatic rings. The Kier molecular flexibility index (Phi) is 3.28. The van der Waals surface area contributed by atoms with Crippen LogP contribution in [0.3, 0.4) is 0 Å². The predicted octanol–water partition coefficient (Wildman–Crippen LogP) is 2.55. The van der Waals surface area contributed by atoms with E-state index in [4.69, 9.17) is 5.73 Å². The van der Waals surface area contributed by atoms with Crippen LogP contribution < -0.4 is 10.6 Å². The molecule has 0 fully saturated rings. The van der Waals surface area contributed by atoms with E-state index in [1.165, 1.54) is 0 Å².